The molecule has 0 unspecified atom stereocenters. The summed E-state index contributed by atoms with van der Waals surface area (Å²) < 4.78 is 4.70. The van der Waals surface area contributed by atoms with Gasteiger partial charge in [0.1, 0.15) is 5.69 Å². The average Bonchev–Trinajstić information content (AvgIpc) is 2.74. The van der Waals surface area contributed by atoms with E-state index in [2.05, 4.69) is 20.5 Å². The topological polar surface area (TPSA) is 114 Å². The summed E-state index contributed by atoms with van der Waals surface area (Å²) in [5.74, 6) is -0.918. The Morgan fingerprint density at radius 2 is 1.79 bits per heavy atom. The van der Waals surface area contributed by atoms with E-state index in [-0.39, 0.29) is 27.9 Å². The number of rotatable bonds is 7. The molecule has 0 saturated carbocycles. The van der Waals surface area contributed by atoms with E-state index < -0.39 is 5.97 Å². The predicted molar refractivity (Wildman–Crippen MR) is 109 cm³/mol. The molecular formula is C20H18N4O4S. The summed E-state index contributed by atoms with van der Waals surface area (Å²) in [7, 11) is 1.27. The van der Waals surface area contributed by atoms with Crippen molar-refractivity contribution in [1.82, 2.24) is 15.2 Å². The summed E-state index contributed by atoms with van der Waals surface area (Å²) in [5, 5.41) is 10.8. The molecule has 148 valence electrons. The largest absolute Gasteiger partial charge is 0.465 e. The molecule has 1 amide bonds. The van der Waals surface area contributed by atoms with Crippen LogP contribution in [0.25, 0.3) is 0 Å². The molecule has 2 N–H and O–H groups in total. The maximum atomic E-state index is 12.2. The van der Waals surface area contributed by atoms with Crippen molar-refractivity contribution in [2.45, 2.75) is 11.6 Å². The smallest absolute Gasteiger partial charge is 0.339 e. The minimum atomic E-state index is -0.544. The third kappa shape index (κ3) is 5.52. The molecule has 3 rings (SSSR count). The standard InChI is InChI=1S/C20H18N4O4S/c1-28-19(27)14-9-5-6-10-15(14)21-17(25)12-29-20-22-18(26)16(23-24-20)11-13-7-3-2-4-8-13/h2-10H,11-12H2,1H3,(H,21,25)(H,22,24,26). The lowest BCUT2D eigenvalue weighted by molar-refractivity contribution is -0.113. The number of benzene rings is 2. The van der Waals surface area contributed by atoms with E-state index in [9.17, 15) is 14.4 Å². The molecule has 0 fully saturated rings. The van der Waals surface area contributed by atoms with Crippen molar-refractivity contribution >= 4 is 29.3 Å². The van der Waals surface area contributed by atoms with Crippen molar-refractivity contribution in [2.24, 2.45) is 0 Å². The molecule has 0 bridgehead atoms. The van der Waals surface area contributed by atoms with Crippen LogP contribution >= 0.6 is 11.8 Å². The Labute approximate surface area is 170 Å². The van der Waals surface area contributed by atoms with Crippen molar-refractivity contribution in [1.29, 1.82) is 0 Å². The number of carbonyl (C=O) groups is 2. The zero-order valence-corrected chi connectivity index (χ0v) is 16.4. The van der Waals surface area contributed by atoms with Crippen LogP contribution in [0.5, 0.6) is 0 Å². The summed E-state index contributed by atoms with van der Waals surface area (Å²) in [6, 6.07) is 16.0. The lowest BCUT2D eigenvalue weighted by atomic mass is 10.1. The number of esters is 1. The fourth-order valence-electron chi connectivity index (χ4n) is 2.52. The first-order chi connectivity index (χ1) is 14.1. The second-order valence-corrected chi connectivity index (χ2v) is 6.91. The molecule has 0 spiro atoms. The fraction of sp³-hybridized carbons (Fsp3) is 0.150. The predicted octanol–water partition coefficient (Wildman–Crippen LogP) is 2.27. The molecule has 0 aliphatic heterocycles. The number of anilines is 1. The van der Waals surface area contributed by atoms with E-state index in [0.29, 0.717) is 17.8 Å². The maximum absolute atomic E-state index is 12.2. The quantitative estimate of drug-likeness (QED) is 0.454. The summed E-state index contributed by atoms with van der Waals surface area (Å²) in [5.41, 5.74) is 1.52. The van der Waals surface area contributed by atoms with E-state index in [1.807, 2.05) is 30.3 Å². The number of aromatic amines is 1. The summed E-state index contributed by atoms with van der Waals surface area (Å²) >= 11 is 1.04. The fourth-order valence-corrected chi connectivity index (χ4v) is 3.12. The lowest BCUT2D eigenvalue weighted by Crippen LogP contribution is -2.20. The molecule has 0 radical (unpaired) electrons. The van der Waals surface area contributed by atoms with Crippen molar-refractivity contribution in [2.75, 3.05) is 18.2 Å². The number of H-pyrrole nitrogens is 1. The first kappa shape index (κ1) is 20.3. The van der Waals surface area contributed by atoms with Gasteiger partial charge in [-0.1, -0.05) is 54.2 Å². The third-order valence-electron chi connectivity index (χ3n) is 3.90. The lowest BCUT2D eigenvalue weighted by Gasteiger charge is -2.09. The number of hydrogen-bond acceptors (Lipinski definition) is 7. The highest BCUT2D eigenvalue weighted by atomic mass is 32.2. The second kappa shape index (κ2) is 9.65. The van der Waals surface area contributed by atoms with E-state index in [1.165, 1.54) is 7.11 Å². The minimum Gasteiger partial charge on any atom is -0.465 e. The van der Waals surface area contributed by atoms with E-state index in [1.54, 1.807) is 24.3 Å². The summed E-state index contributed by atoms with van der Waals surface area (Å²) in [6.45, 7) is 0. The number of methoxy groups -OCH3 is 1. The average molecular weight is 410 g/mol. The van der Waals surface area contributed by atoms with Crippen LogP contribution in [-0.4, -0.2) is 39.9 Å². The molecule has 0 aliphatic rings. The Balaban J connectivity index is 1.60. The highest BCUT2D eigenvalue weighted by Crippen LogP contribution is 2.17. The molecule has 9 heteroatoms. The van der Waals surface area contributed by atoms with E-state index >= 15 is 0 Å². The van der Waals surface area contributed by atoms with Gasteiger partial charge in [-0.3, -0.25) is 14.6 Å². The van der Waals surface area contributed by atoms with Crippen LogP contribution in [0.3, 0.4) is 0 Å². The molecule has 0 atom stereocenters. The molecule has 1 aromatic heterocycles. The molecule has 1 heterocycles. The number of carbonyl (C=O) groups excluding carboxylic acids is 2. The van der Waals surface area contributed by atoms with Crippen LogP contribution in [0.2, 0.25) is 0 Å². The first-order valence-corrected chi connectivity index (χ1v) is 9.65. The highest BCUT2D eigenvalue weighted by molar-refractivity contribution is 7.99. The van der Waals surface area contributed by atoms with Gasteiger partial charge in [0.05, 0.1) is 24.1 Å². The first-order valence-electron chi connectivity index (χ1n) is 8.66. The van der Waals surface area contributed by atoms with Gasteiger partial charge in [0, 0.05) is 6.42 Å². The number of ether oxygens (including phenoxy) is 1. The van der Waals surface area contributed by atoms with Crippen LogP contribution in [0.1, 0.15) is 21.6 Å². The van der Waals surface area contributed by atoms with Gasteiger partial charge in [0.2, 0.25) is 5.91 Å². The molecule has 0 saturated heterocycles. The number of nitrogens with one attached hydrogen (secondary N) is 2. The molecule has 29 heavy (non-hydrogen) atoms. The van der Waals surface area contributed by atoms with Crippen LogP contribution in [0, 0.1) is 0 Å². The van der Waals surface area contributed by atoms with Gasteiger partial charge in [-0.05, 0) is 17.7 Å². The second-order valence-electron chi connectivity index (χ2n) is 5.94. The number of thioether (sulfide) groups is 1. The maximum Gasteiger partial charge on any atom is 0.339 e. The number of amides is 1. The van der Waals surface area contributed by atoms with Gasteiger partial charge in [0.25, 0.3) is 5.56 Å². The monoisotopic (exact) mass is 410 g/mol. The van der Waals surface area contributed by atoms with Crippen molar-refractivity contribution in [3.05, 3.63) is 81.8 Å². The minimum absolute atomic E-state index is 0.0157. The number of aromatic nitrogens is 3. The zero-order valence-electron chi connectivity index (χ0n) is 15.5. The van der Waals surface area contributed by atoms with Gasteiger partial charge in [0.15, 0.2) is 5.16 Å². The van der Waals surface area contributed by atoms with Gasteiger partial charge in [-0.15, -0.1) is 10.2 Å². The van der Waals surface area contributed by atoms with E-state index in [0.717, 1.165) is 17.3 Å². The van der Waals surface area contributed by atoms with Crippen molar-refractivity contribution in [3.8, 4) is 0 Å². The Hall–Kier alpha value is -3.46. The number of para-hydroxylation sites is 1. The Morgan fingerprint density at radius 1 is 1.07 bits per heavy atom. The molecule has 8 nitrogen and oxygen atoms in total. The van der Waals surface area contributed by atoms with Gasteiger partial charge in [-0.2, -0.15) is 0 Å². The zero-order chi connectivity index (χ0) is 20.6. The van der Waals surface area contributed by atoms with Gasteiger partial charge < -0.3 is 10.1 Å². The van der Waals surface area contributed by atoms with Crippen molar-refractivity contribution in [3.63, 3.8) is 0 Å². The molecular weight excluding hydrogens is 392 g/mol. The van der Waals surface area contributed by atoms with Crippen LogP contribution in [-0.2, 0) is 16.0 Å². The van der Waals surface area contributed by atoms with Crippen LogP contribution in [0.15, 0.2) is 64.5 Å². The molecule has 3 aromatic rings. The molecule has 0 aliphatic carbocycles. The Morgan fingerprint density at radius 3 is 2.52 bits per heavy atom. The van der Waals surface area contributed by atoms with Crippen LogP contribution in [0.4, 0.5) is 5.69 Å². The van der Waals surface area contributed by atoms with Gasteiger partial charge in [-0.25, -0.2) is 4.79 Å². The van der Waals surface area contributed by atoms with E-state index in [4.69, 9.17) is 4.74 Å². The highest BCUT2D eigenvalue weighted by Gasteiger charge is 2.14. The number of hydrogen-bond donors (Lipinski definition) is 2. The normalized spacial score (nSPS) is 10.4. The Kier molecular flexibility index (Phi) is 6.75. The molecule has 2 aromatic carbocycles. The SMILES string of the molecule is COC(=O)c1ccccc1NC(=O)CSc1nnc(Cc2ccccc2)c(=O)[nH]1. The van der Waals surface area contributed by atoms with Crippen LogP contribution < -0.4 is 10.9 Å². The summed E-state index contributed by atoms with van der Waals surface area (Å²) in [4.78, 5) is 38.8. The van der Waals surface area contributed by atoms with Crippen molar-refractivity contribution < 1.29 is 14.3 Å². The van der Waals surface area contributed by atoms with Gasteiger partial charge >= 0.3 is 5.97 Å². The third-order valence-corrected chi connectivity index (χ3v) is 4.77. The summed E-state index contributed by atoms with van der Waals surface area (Å²) in [6.07, 6.45) is 0.374. The number of nitrogens with zero attached hydrogens (tertiary/aromatic N) is 2. The Bertz CT molecular complexity index is 1070.